The van der Waals surface area contributed by atoms with E-state index in [1.54, 1.807) is 24.3 Å². The van der Waals surface area contributed by atoms with E-state index in [0.717, 1.165) is 10.0 Å². The number of carbonyl (C=O) groups is 2. The van der Waals surface area contributed by atoms with Crippen LogP contribution in [0.1, 0.15) is 17.1 Å². The van der Waals surface area contributed by atoms with Gasteiger partial charge in [0, 0.05) is 11.0 Å². The zero-order chi connectivity index (χ0) is 23.7. The summed E-state index contributed by atoms with van der Waals surface area (Å²) < 4.78 is 33.3. The number of carbonyl (C=O) groups excluding carboxylic acids is 2. The van der Waals surface area contributed by atoms with Crippen LogP contribution in [0.5, 0.6) is 0 Å². The summed E-state index contributed by atoms with van der Waals surface area (Å²) in [4.78, 5) is 23.7. The summed E-state index contributed by atoms with van der Waals surface area (Å²) in [6.45, 7) is 0.250. The van der Waals surface area contributed by atoms with E-state index in [1.165, 1.54) is 18.3 Å². The summed E-state index contributed by atoms with van der Waals surface area (Å²) >= 11 is 3.26. The molecule has 0 radical (unpaired) electrons. The fourth-order valence-electron chi connectivity index (χ4n) is 2.67. The SMILES string of the molecule is O=C(NCCc1ccccc1)C(=O)N/N=C/c1ccc(CNS(=O)(=O)c2ccc(Br)cc2)o1. The number of benzene rings is 2. The van der Waals surface area contributed by atoms with Gasteiger partial charge in [-0.05, 0) is 48.4 Å². The zero-order valence-corrected chi connectivity index (χ0v) is 19.7. The number of hydrazone groups is 1. The van der Waals surface area contributed by atoms with Crippen molar-refractivity contribution in [2.45, 2.75) is 17.9 Å². The van der Waals surface area contributed by atoms with E-state index in [0.29, 0.717) is 18.7 Å². The Morgan fingerprint density at radius 3 is 2.42 bits per heavy atom. The first-order chi connectivity index (χ1) is 15.8. The van der Waals surface area contributed by atoms with Crippen LogP contribution in [0.15, 0.2) is 85.6 Å². The van der Waals surface area contributed by atoms with Gasteiger partial charge in [0.2, 0.25) is 10.0 Å². The van der Waals surface area contributed by atoms with Crippen LogP contribution in [-0.2, 0) is 32.6 Å². The second kappa shape index (κ2) is 11.5. The highest BCUT2D eigenvalue weighted by Gasteiger charge is 2.15. The Balaban J connectivity index is 1.42. The fraction of sp³-hybridized carbons (Fsp3) is 0.136. The quantitative estimate of drug-likeness (QED) is 0.221. The van der Waals surface area contributed by atoms with Gasteiger partial charge < -0.3 is 9.73 Å². The minimum Gasteiger partial charge on any atom is -0.459 e. The molecule has 3 N–H and O–H groups in total. The van der Waals surface area contributed by atoms with Crippen molar-refractivity contribution in [1.29, 1.82) is 0 Å². The number of hydrogen-bond acceptors (Lipinski definition) is 6. The van der Waals surface area contributed by atoms with Crippen LogP contribution in [0.3, 0.4) is 0 Å². The predicted octanol–water partition coefficient (Wildman–Crippen LogP) is 2.33. The van der Waals surface area contributed by atoms with Gasteiger partial charge in [-0.1, -0.05) is 46.3 Å². The van der Waals surface area contributed by atoms with E-state index in [2.05, 4.69) is 36.5 Å². The van der Waals surface area contributed by atoms with E-state index < -0.39 is 21.8 Å². The summed E-state index contributed by atoms with van der Waals surface area (Å²) in [5.74, 6) is -1.08. The molecule has 0 bridgehead atoms. The molecule has 11 heteroatoms. The molecule has 0 atom stereocenters. The number of furan rings is 1. The lowest BCUT2D eigenvalue weighted by Crippen LogP contribution is -2.38. The first-order valence-corrected chi connectivity index (χ1v) is 12.1. The van der Waals surface area contributed by atoms with Crippen molar-refractivity contribution in [3.8, 4) is 0 Å². The molecule has 1 aromatic heterocycles. The molecule has 0 aliphatic heterocycles. The second-order valence-corrected chi connectivity index (χ2v) is 9.46. The third kappa shape index (κ3) is 7.67. The molecule has 0 saturated carbocycles. The van der Waals surface area contributed by atoms with Crippen LogP contribution in [0, 0.1) is 0 Å². The van der Waals surface area contributed by atoms with Gasteiger partial charge in [-0.3, -0.25) is 9.59 Å². The lowest BCUT2D eigenvalue weighted by Gasteiger charge is -2.05. The van der Waals surface area contributed by atoms with Crippen LogP contribution in [-0.4, -0.2) is 33.0 Å². The summed E-state index contributed by atoms with van der Waals surface area (Å²) in [6, 6.07) is 18.9. The third-order valence-corrected chi connectivity index (χ3v) is 6.29. The molecule has 33 heavy (non-hydrogen) atoms. The van der Waals surface area contributed by atoms with E-state index in [4.69, 9.17) is 4.42 Å². The number of nitrogens with one attached hydrogen (secondary N) is 3. The van der Waals surface area contributed by atoms with Crippen molar-refractivity contribution in [1.82, 2.24) is 15.5 Å². The Hall–Kier alpha value is -3.28. The number of amides is 2. The van der Waals surface area contributed by atoms with Crippen LogP contribution < -0.4 is 15.5 Å². The van der Waals surface area contributed by atoms with Crippen LogP contribution in [0.4, 0.5) is 0 Å². The average molecular weight is 533 g/mol. The van der Waals surface area contributed by atoms with Crippen molar-refractivity contribution in [2.75, 3.05) is 6.54 Å². The highest BCUT2D eigenvalue weighted by molar-refractivity contribution is 9.10. The van der Waals surface area contributed by atoms with E-state index in [1.807, 2.05) is 30.3 Å². The Kier molecular flexibility index (Phi) is 8.52. The first-order valence-electron chi connectivity index (χ1n) is 9.82. The molecular weight excluding hydrogens is 512 g/mol. The molecule has 172 valence electrons. The van der Waals surface area contributed by atoms with Gasteiger partial charge in [-0.2, -0.15) is 5.10 Å². The molecular formula is C22H21BrN4O5S. The number of rotatable bonds is 9. The number of nitrogens with zero attached hydrogens (tertiary/aromatic N) is 1. The molecule has 0 aliphatic rings. The van der Waals surface area contributed by atoms with Gasteiger partial charge in [-0.25, -0.2) is 18.6 Å². The Morgan fingerprint density at radius 2 is 1.70 bits per heavy atom. The number of hydrogen-bond donors (Lipinski definition) is 3. The lowest BCUT2D eigenvalue weighted by atomic mass is 10.1. The summed E-state index contributed by atoms with van der Waals surface area (Å²) in [5.41, 5.74) is 3.16. The maximum absolute atomic E-state index is 12.3. The number of halogens is 1. The van der Waals surface area contributed by atoms with Crippen LogP contribution in [0.2, 0.25) is 0 Å². The molecule has 3 aromatic rings. The topological polar surface area (TPSA) is 130 Å². The van der Waals surface area contributed by atoms with Gasteiger partial charge in [0.1, 0.15) is 11.5 Å². The predicted molar refractivity (Wildman–Crippen MR) is 126 cm³/mol. The molecule has 0 unspecified atom stereocenters. The Bertz CT molecular complexity index is 1230. The molecule has 9 nitrogen and oxygen atoms in total. The molecule has 2 amide bonds. The minimum atomic E-state index is -3.70. The van der Waals surface area contributed by atoms with Gasteiger partial charge in [0.15, 0.2) is 0 Å². The molecule has 0 fully saturated rings. The van der Waals surface area contributed by atoms with Crippen LogP contribution in [0.25, 0.3) is 0 Å². The van der Waals surface area contributed by atoms with E-state index in [9.17, 15) is 18.0 Å². The van der Waals surface area contributed by atoms with Gasteiger partial charge in [-0.15, -0.1) is 0 Å². The highest BCUT2D eigenvalue weighted by atomic mass is 79.9. The van der Waals surface area contributed by atoms with Crippen molar-refractivity contribution in [3.63, 3.8) is 0 Å². The smallest absolute Gasteiger partial charge is 0.329 e. The standard InChI is InChI=1S/C22H21BrN4O5S/c23-17-6-10-20(11-7-17)33(30,31)26-15-19-9-8-18(32-19)14-25-27-22(29)21(28)24-13-12-16-4-2-1-3-5-16/h1-11,14,26H,12-13,15H2,(H,24,28)(H,27,29)/b25-14+. The van der Waals surface area contributed by atoms with E-state index >= 15 is 0 Å². The molecule has 0 aliphatic carbocycles. The lowest BCUT2D eigenvalue weighted by molar-refractivity contribution is -0.139. The monoisotopic (exact) mass is 532 g/mol. The normalized spacial score (nSPS) is 11.4. The highest BCUT2D eigenvalue weighted by Crippen LogP contribution is 2.15. The Morgan fingerprint density at radius 1 is 0.970 bits per heavy atom. The van der Waals surface area contributed by atoms with Gasteiger partial charge in [0.25, 0.3) is 0 Å². The van der Waals surface area contributed by atoms with Crippen LogP contribution >= 0.6 is 15.9 Å². The minimum absolute atomic E-state index is 0.0670. The average Bonchev–Trinajstić information content (AvgIpc) is 3.26. The van der Waals surface area contributed by atoms with Gasteiger partial charge in [0.05, 0.1) is 17.7 Å². The van der Waals surface area contributed by atoms with Gasteiger partial charge >= 0.3 is 11.8 Å². The maximum atomic E-state index is 12.3. The molecule has 2 aromatic carbocycles. The summed E-state index contributed by atoms with van der Waals surface area (Å²) in [6.07, 6.45) is 1.81. The molecule has 1 heterocycles. The third-order valence-electron chi connectivity index (χ3n) is 4.35. The zero-order valence-electron chi connectivity index (χ0n) is 17.3. The van der Waals surface area contributed by atoms with Crippen molar-refractivity contribution >= 4 is 44.0 Å². The molecule has 3 rings (SSSR count). The Labute approximate surface area is 199 Å². The van der Waals surface area contributed by atoms with E-state index in [-0.39, 0.29) is 17.2 Å². The summed E-state index contributed by atoms with van der Waals surface area (Å²) in [5, 5.41) is 6.20. The first kappa shape index (κ1) is 24.4. The second-order valence-electron chi connectivity index (χ2n) is 6.77. The summed E-state index contributed by atoms with van der Waals surface area (Å²) in [7, 11) is -3.70. The van der Waals surface area contributed by atoms with Crippen molar-refractivity contribution in [2.24, 2.45) is 5.10 Å². The van der Waals surface area contributed by atoms with Crippen molar-refractivity contribution < 1.29 is 22.4 Å². The maximum Gasteiger partial charge on any atom is 0.329 e. The molecule has 0 spiro atoms. The fourth-order valence-corrected chi connectivity index (χ4v) is 3.93. The molecule has 0 saturated heterocycles. The van der Waals surface area contributed by atoms with Crippen molar-refractivity contribution in [3.05, 3.63) is 88.3 Å². The largest absolute Gasteiger partial charge is 0.459 e. The number of sulfonamides is 1.